The van der Waals surface area contributed by atoms with Crippen LogP contribution in [0.15, 0.2) is 24.4 Å². The molecule has 20 heavy (non-hydrogen) atoms. The van der Waals surface area contributed by atoms with Crippen molar-refractivity contribution in [3.63, 3.8) is 0 Å². The number of hydrogen-bond acceptors (Lipinski definition) is 4. The van der Waals surface area contributed by atoms with Crippen LogP contribution in [0.25, 0.3) is 0 Å². The zero-order valence-electron chi connectivity index (χ0n) is 12.1. The summed E-state index contributed by atoms with van der Waals surface area (Å²) in [5, 5.41) is 26.7. The minimum absolute atomic E-state index is 0.0689. The molecule has 1 heterocycles. The normalized spacial score (nSPS) is 12.6. The first-order valence-corrected chi connectivity index (χ1v) is 6.79. The summed E-state index contributed by atoms with van der Waals surface area (Å²) in [6, 6.07) is 4.78. The highest BCUT2D eigenvalue weighted by Crippen LogP contribution is 2.23. The molecule has 3 N–H and O–H groups in total. The Bertz CT molecular complexity index is 593. The number of aromatic hydroxyl groups is 2. The van der Waals surface area contributed by atoms with Gasteiger partial charge < -0.3 is 15.5 Å². The van der Waals surface area contributed by atoms with Crippen molar-refractivity contribution in [3.05, 3.63) is 41.2 Å². The van der Waals surface area contributed by atoms with Crippen molar-refractivity contribution in [2.24, 2.45) is 0 Å². The van der Waals surface area contributed by atoms with Gasteiger partial charge in [-0.2, -0.15) is 5.10 Å². The highest BCUT2D eigenvalue weighted by Gasteiger charge is 2.13. The second-order valence-electron chi connectivity index (χ2n) is 4.92. The van der Waals surface area contributed by atoms with E-state index < -0.39 is 0 Å². The Balaban J connectivity index is 2.04. The molecule has 2 aromatic rings. The lowest BCUT2D eigenvalue weighted by Crippen LogP contribution is -2.18. The van der Waals surface area contributed by atoms with Crippen LogP contribution < -0.4 is 5.32 Å². The van der Waals surface area contributed by atoms with Crippen molar-refractivity contribution in [1.82, 2.24) is 15.1 Å². The summed E-state index contributed by atoms with van der Waals surface area (Å²) in [5.74, 6) is 0.171. The molecule has 1 aromatic heterocycles. The second-order valence-corrected chi connectivity index (χ2v) is 4.92. The lowest BCUT2D eigenvalue weighted by Gasteiger charge is -2.14. The topological polar surface area (TPSA) is 70.3 Å². The molecule has 0 saturated heterocycles. The number of nitrogens with one attached hydrogen (secondary N) is 1. The van der Waals surface area contributed by atoms with E-state index >= 15 is 0 Å². The molecule has 0 amide bonds. The van der Waals surface area contributed by atoms with Crippen LogP contribution in [-0.4, -0.2) is 20.0 Å². The summed E-state index contributed by atoms with van der Waals surface area (Å²) in [6.45, 7) is 7.58. The van der Waals surface area contributed by atoms with Crippen LogP contribution in [0.1, 0.15) is 36.7 Å². The number of benzene rings is 1. The number of phenolic OH excluding ortho intramolecular Hbond substituents is 2. The fourth-order valence-electron chi connectivity index (χ4n) is 2.28. The van der Waals surface area contributed by atoms with Gasteiger partial charge in [0.1, 0.15) is 11.5 Å². The van der Waals surface area contributed by atoms with Crippen molar-refractivity contribution in [2.45, 2.75) is 39.9 Å². The zero-order valence-corrected chi connectivity index (χ0v) is 12.1. The van der Waals surface area contributed by atoms with Gasteiger partial charge in [-0.1, -0.05) is 6.07 Å². The Morgan fingerprint density at radius 3 is 2.70 bits per heavy atom. The minimum Gasteiger partial charge on any atom is -0.508 e. The number of aryl methyl sites for hydroxylation is 1. The van der Waals surface area contributed by atoms with Gasteiger partial charge in [0.05, 0.1) is 6.20 Å². The molecule has 0 bridgehead atoms. The predicted octanol–water partition coefficient (Wildman–Crippen LogP) is 2.47. The van der Waals surface area contributed by atoms with Crippen LogP contribution in [0.5, 0.6) is 11.5 Å². The van der Waals surface area contributed by atoms with Crippen LogP contribution in [0, 0.1) is 6.92 Å². The van der Waals surface area contributed by atoms with Gasteiger partial charge in [-0.05, 0) is 26.8 Å². The van der Waals surface area contributed by atoms with E-state index in [1.54, 1.807) is 12.1 Å². The molecule has 0 spiro atoms. The van der Waals surface area contributed by atoms with Gasteiger partial charge in [0.15, 0.2) is 0 Å². The third-order valence-electron chi connectivity index (χ3n) is 3.57. The molecular formula is C15H21N3O2. The summed E-state index contributed by atoms with van der Waals surface area (Å²) in [5.41, 5.74) is 3.07. The summed E-state index contributed by atoms with van der Waals surface area (Å²) in [4.78, 5) is 0. The molecule has 0 saturated carbocycles. The average Bonchev–Trinajstić information content (AvgIpc) is 2.78. The number of nitrogens with zero attached hydrogens (tertiary/aromatic N) is 2. The molecule has 5 nitrogen and oxygen atoms in total. The van der Waals surface area contributed by atoms with E-state index in [9.17, 15) is 10.2 Å². The van der Waals surface area contributed by atoms with Gasteiger partial charge in [0.2, 0.25) is 0 Å². The van der Waals surface area contributed by atoms with E-state index in [0.717, 1.165) is 23.4 Å². The maximum Gasteiger partial charge on any atom is 0.123 e. The van der Waals surface area contributed by atoms with Crippen molar-refractivity contribution in [3.8, 4) is 11.5 Å². The lowest BCUT2D eigenvalue weighted by molar-refractivity contribution is 0.441. The van der Waals surface area contributed by atoms with Gasteiger partial charge in [-0.3, -0.25) is 4.68 Å². The van der Waals surface area contributed by atoms with Crippen LogP contribution in [0.3, 0.4) is 0 Å². The minimum atomic E-state index is 0.0689. The Kier molecular flexibility index (Phi) is 4.29. The Hall–Kier alpha value is -2.01. The Morgan fingerprint density at radius 2 is 2.10 bits per heavy atom. The van der Waals surface area contributed by atoms with Crippen LogP contribution in [-0.2, 0) is 13.1 Å². The first-order chi connectivity index (χ1) is 9.52. The second kappa shape index (κ2) is 5.96. The third kappa shape index (κ3) is 2.93. The molecule has 108 valence electrons. The highest BCUT2D eigenvalue weighted by atomic mass is 16.3. The van der Waals surface area contributed by atoms with E-state index in [0.29, 0.717) is 6.54 Å². The SMILES string of the molecule is CCn1ncc(C(C)NCc2ccc(O)cc2O)c1C. The Morgan fingerprint density at radius 1 is 1.35 bits per heavy atom. The van der Waals surface area contributed by atoms with Gasteiger partial charge in [0.25, 0.3) is 0 Å². The first kappa shape index (κ1) is 14.4. The highest BCUT2D eigenvalue weighted by molar-refractivity contribution is 5.38. The first-order valence-electron chi connectivity index (χ1n) is 6.79. The van der Waals surface area contributed by atoms with Crippen LogP contribution >= 0.6 is 0 Å². The van der Waals surface area contributed by atoms with Gasteiger partial charge in [0, 0.05) is 42.0 Å². The number of phenols is 2. The monoisotopic (exact) mass is 275 g/mol. The van der Waals surface area contributed by atoms with Crippen molar-refractivity contribution >= 4 is 0 Å². The van der Waals surface area contributed by atoms with E-state index in [2.05, 4.69) is 31.2 Å². The third-order valence-corrected chi connectivity index (χ3v) is 3.57. The largest absolute Gasteiger partial charge is 0.508 e. The molecule has 1 unspecified atom stereocenters. The van der Waals surface area contributed by atoms with E-state index in [-0.39, 0.29) is 17.5 Å². The average molecular weight is 275 g/mol. The van der Waals surface area contributed by atoms with Crippen LogP contribution in [0.2, 0.25) is 0 Å². The van der Waals surface area contributed by atoms with E-state index in [4.69, 9.17) is 0 Å². The van der Waals surface area contributed by atoms with E-state index in [1.165, 1.54) is 6.07 Å². The standard InChI is InChI=1S/C15H21N3O2/c1-4-18-11(3)14(9-17-18)10(2)16-8-12-5-6-13(19)7-15(12)20/h5-7,9-10,16,19-20H,4,8H2,1-3H3. The summed E-state index contributed by atoms with van der Waals surface area (Å²) in [7, 11) is 0. The van der Waals surface area contributed by atoms with E-state index in [1.807, 2.05) is 10.9 Å². The van der Waals surface area contributed by atoms with Gasteiger partial charge >= 0.3 is 0 Å². The molecule has 5 heteroatoms. The Labute approximate surface area is 118 Å². The summed E-state index contributed by atoms with van der Waals surface area (Å²) in [6.07, 6.45) is 1.88. The van der Waals surface area contributed by atoms with Crippen LogP contribution in [0.4, 0.5) is 0 Å². The molecular weight excluding hydrogens is 254 g/mol. The molecule has 0 fully saturated rings. The maximum absolute atomic E-state index is 9.76. The summed E-state index contributed by atoms with van der Waals surface area (Å²) >= 11 is 0. The molecule has 0 aliphatic heterocycles. The quantitative estimate of drug-likeness (QED) is 0.784. The van der Waals surface area contributed by atoms with Gasteiger partial charge in [-0.25, -0.2) is 0 Å². The molecule has 1 aromatic carbocycles. The van der Waals surface area contributed by atoms with Crippen molar-refractivity contribution in [1.29, 1.82) is 0 Å². The smallest absolute Gasteiger partial charge is 0.123 e. The fourth-order valence-corrected chi connectivity index (χ4v) is 2.28. The van der Waals surface area contributed by atoms with Gasteiger partial charge in [-0.15, -0.1) is 0 Å². The summed E-state index contributed by atoms with van der Waals surface area (Å²) < 4.78 is 1.96. The van der Waals surface area contributed by atoms with Crippen molar-refractivity contribution < 1.29 is 10.2 Å². The zero-order chi connectivity index (χ0) is 14.7. The fraction of sp³-hybridized carbons (Fsp3) is 0.400. The number of hydrogen-bond donors (Lipinski definition) is 3. The molecule has 0 radical (unpaired) electrons. The maximum atomic E-state index is 9.76. The molecule has 2 rings (SSSR count). The lowest BCUT2D eigenvalue weighted by atomic mass is 10.1. The molecule has 0 aliphatic rings. The number of rotatable bonds is 5. The molecule has 1 atom stereocenters. The van der Waals surface area contributed by atoms with Crippen molar-refractivity contribution in [2.75, 3.05) is 0 Å². The predicted molar refractivity (Wildman–Crippen MR) is 77.7 cm³/mol. The number of aromatic nitrogens is 2. The molecule has 0 aliphatic carbocycles.